The van der Waals surface area contributed by atoms with E-state index in [-0.39, 0.29) is 11.8 Å². The van der Waals surface area contributed by atoms with Gasteiger partial charge in [-0.15, -0.1) is 0 Å². The van der Waals surface area contributed by atoms with Gasteiger partial charge in [-0.05, 0) is 19.4 Å². The van der Waals surface area contributed by atoms with E-state index in [4.69, 9.17) is 4.74 Å². The largest absolute Gasteiger partial charge is 0.375 e. The summed E-state index contributed by atoms with van der Waals surface area (Å²) >= 11 is 1.54. The number of anilines is 1. The second kappa shape index (κ2) is 5.34. The summed E-state index contributed by atoms with van der Waals surface area (Å²) in [5.41, 5.74) is 1.09. The number of rotatable bonds is 2. The molecule has 98 valence electrons. The molecule has 0 aliphatic carbocycles. The summed E-state index contributed by atoms with van der Waals surface area (Å²) in [4.78, 5) is 17.7. The minimum absolute atomic E-state index is 0.0796. The SMILES string of the molecule is O=C(Nc1nc2c(s1)COCC2)C1CCCNC1. The Morgan fingerprint density at radius 3 is 3.28 bits per heavy atom. The third-order valence-electron chi connectivity index (χ3n) is 3.39. The summed E-state index contributed by atoms with van der Waals surface area (Å²) < 4.78 is 5.38. The lowest BCUT2D eigenvalue weighted by atomic mass is 9.99. The zero-order valence-corrected chi connectivity index (χ0v) is 11.0. The standard InChI is InChI=1S/C12H17N3O2S/c16-11(8-2-1-4-13-6-8)15-12-14-9-3-5-17-7-10(9)18-12/h8,13H,1-7H2,(H,14,15,16). The quantitative estimate of drug-likeness (QED) is 0.844. The monoisotopic (exact) mass is 267 g/mol. The fraction of sp³-hybridized carbons (Fsp3) is 0.667. The third kappa shape index (κ3) is 2.55. The van der Waals surface area contributed by atoms with Gasteiger partial charge in [-0.1, -0.05) is 11.3 Å². The molecular weight excluding hydrogens is 250 g/mol. The van der Waals surface area contributed by atoms with Crippen molar-refractivity contribution in [3.05, 3.63) is 10.6 Å². The lowest BCUT2D eigenvalue weighted by molar-refractivity contribution is -0.120. The smallest absolute Gasteiger partial charge is 0.230 e. The van der Waals surface area contributed by atoms with Crippen LogP contribution in [0.2, 0.25) is 0 Å². The van der Waals surface area contributed by atoms with E-state index in [1.165, 1.54) is 11.3 Å². The van der Waals surface area contributed by atoms with Crippen LogP contribution in [-0.4, -0.2) is 30.6 Å². The van der Waals surface area contributed by atoms with Gasteiger partial charge in [-0.3, -0.25) is 4.79 Å². The van der Waals surface area contributed by atoms with Gasteiger partial charge >= 0.3 is 0 Å². The number of hydrogen-bond donors (Lipinski definition) is 2. The summed E-state index contributed by atoms with van der Waals surface area (Å²) in [5, 5.41) is 6.92. The van der Waals surface area contributed by atoms with Gasteiger partial charge in [-0.25, -0.2) is 4.98 Å². The van der Waals surface area contributed by atoms with Crippen LogP contribution in [-0.2, 0) is 22.6 Å². The van der Waals surface area contributed by atoms with Crippen molar-refractivity contribution in [1.29, 1.82) is 0 Å². The number of nitrogens with one attached hydrogen (secondary N) is 2. The van der Waals surface area contributed by atoms with Gasteiger partial charge in [0.25, 0.3) is 0 Å². The Morgan fingerprint density at radius 2 is 2.50 bits per heavy atom. The number of piperidine rings is 1. The Kier molecular flexibility index (Phi) is 3.58. The van der Waals surface area contributed by atoms with E-state index in [0.29, 0.717) is 6.61 Å². The molecule has 0 aromatic carbocycles. The zero-order valence-electron chi connectivity index (χ0n) is 10.2. The molecule has 18 heavy (non-hydrogen) atoms. The van der Waals surface area contributed by atoms with Gasteiger partial charge in [-0.2, -0.15) is 0 Å². The topological polar surface area (TPSA) is 63.2 Å². The van der Waals surface area contributed by atoms with E-state index in [9.17, 15) is 4.79 Å². The molecule has 0 radical (unpaired) electrons. The number of amides is 1. The number of carbonyl (C=O) groups is 1. The molecule has 6 heteroatoms. The molecule has 2 aliphatic heterocycles. The minimum Gasteiger partial charge on any atom is -0.375 e. The maximum atomic E-state index is 12.1. The molecule has 1 saturated heterocycles. The van der Waals surface area contributed by atoms with Crippen LogP contribution in [0.3, 0.4) is 0 Å². The highest BCUT2D eigenvalue weighted by Gasteiger charge is 2.23. The van der Waals surface area contributed by atoms with E-state index in [1.807, 2.05) is 0 Å². The van der Waals surface area contributed by atoms with Crippen LogP contribution in [0.15, 0.2) is 0 Å². The average molecular weight is 267 g/mol. The molecule has 0 bridgehead atoms. The highest BCUT2D eigenvalue weighted by Crippen LogP contribution is 2.27. The lowest BCUT2D eigenvalue weighted by Crippen LogP contribution is -2.37. The van der Waals surface area contributed by atoms with Gasteiger partial charge in [0.1, 0.15) is 0 Å². The molecule has 1 fully saturated rings. The Bertz CT molecular complexity index is 417. The third-order valence-corrected chi connectivity index (χ3v) is 4.38. The van der Waals surface area contributed by atoms with Gasteiger partial charge in [0.05, 0.1) is 29.7 Å². The first-order valence-electron chi connectivity index (χ1n) is 6.41. The average Bonchev–Trinajstić information content (AvgIpc) is 2.82. The van der Waals surface area contributed by atoms with Crippen molar-refractivity contribution in [2.45, 2.75) is 25.9 Å². The highest BCUT2D eigenvalue weighted by atomic mass is 32.1. The van der Waals surface area contributed by atoms with Gasteiger partial charge < -0.3 is 15.4 Å². The molecule has 2 N–H and O–H groups in total. The van der Waals surface area contributed by atoms with E-state index in [0.717, 1.165) is 54.7 Å². The predicted molar refractivity (Wildman–Crippen MR) is 69.7 cm³/mol. The van der Waals surface area contributed by atoms with Crippen molar-refractivity contribution >= 4 is 22.4 Å². The van der Waals surface area contributed by atoms with Crippen molar-refractivity contribution in [1.82, 2.24) is 10.3 Å². The fourth-order valence-electron chi connectivity index (χ4n) is 2.36. The second-order valence-electron chi connectivity index (χ2n) is 4.72. The first kappa shape index (κ1) is 12.1. The number of hydrogen-bond acceptors (Lipinski definition) is 5. The summed E-state index contributed by atoms with van der Waals surface area (Å²) in [7, 11) is 0. The molecule has 0 saturated carbocycles. The number of ether oxygens (including phenoxy) is 1. The fourth-order valence-corrected chi connectivity index (χ4v) is 3.31. The maximum Gasteiger partial charge on any atom is 0.230 e. The maximum absolute atomic E-state index is 12.1. The van der Waals surface area contributed by atoms with Crippen LogP contribution in [0, 0.1) is 5.92 Å². The van der Waals surface area contributed by atoms with Crippen LogP contribution < -0.4 is 10.6 Å². The van der Waals surface area contributed by atoms with Crippen molar-refractivity contribution in [3.8, 4) is 0 Å². The van der Waals surface area contributed by atoms with Gasteiger partial charge in [0, 0.05) is 13.0 Å². The summed E-state index contributed by atoms with van der Waals surface area (Å²) in [6.07, 6.45) is 2.89. The van der Waals surface area contributed by atoms with E-state index < -0.39 is 0 Å². The van der Waals surface area contributed by atoms with Crippen molar-refractivity contribution in [2.24, 2.45) is 5.92 Å². The van der Waals surface area contributed by atoms with Crippen molar-refractivity contribution in [3.63, 3.8) is 0 Å². The molecule has 1 aromatic rings. The Balaban J connectivity index is 1.64. The summed E-state index contributed by atoms with van der Waals surface area (Å²) in [6.45, 7) is 3.16. The summed E-state index contributed by atoms with van der Waals surface area (Å²) in [6, 6.07) is 0. The molecule has 1 aromatic heterocycles. The lowest BCUT2D eigenvalue weighted by Gasteiger charge is -2.21. The van der Waals surface area contributed by atoms with Crippen LogP contribution in [0.5, 0.6) is 0 Å². The van der Waals surface area contributed by atoms with E-state index >= 15 is 0 Å². The van der Waals surface area contributed by atoms with Crippen molar-refractivity contribution in [2.75, 3.05) is 25.0 Å². The Labute approximate surface area is 110 Å². The molecular formula is C12H17N3O2S. The number of fused-ring (bicyclic) bond motifs is 1. The first-order chi connectivity index (χ1) is 8.83. The number of thiazole rings is 1. The van der Waals surface area contributed by atoms with E-state index in [1.54, 1.807) is 0 Å². The van der Waals surface area contributed by atoms with Crippen molar-refractivity contribution < 1.29 is 9.53 Å². The Hall–Kier alpha value is -0.980. The molecule has 3 heterocycles. The number of nitrogens with zero attached hydrogens (tertiary/aromatic N) is 1. The molecule has 1 amide bonds. The van der Waals surface area contributed by atoms with Gasteiger partial charge in [0.2, 0.25) is 5.91 Å². The van der Waals surface area contributed by atoms with Crippen LogP contribution in [0.4, 0.5) is 5.13 Å². The second-order valence-corrected chi connectivity index (χ2v) is 5.81. The Morgan fingerprint density at radius 1 is 1.56 bits per heavy atom. The zero-order chi connectivity index (χ0) is 12.4. The number of carbonyl (C=O) groups excluding carboxylic acids is 1. The molecule has 0 spiro atoms. The first-order valence-corrected chi connectivity index (χ1v) is 7.22. The minimum atomic E-state index is 0.0796. The van der Waals surface area contributed by atoms with Crippen LogP contribution in [0.1, 0.15) is 23.4 Å². The normalized spacial score (nSPS) is 23.4. The summed E-state index contributed by atoms with van der Waals surface area (Å²) in [5.74, 6) is 0.171. The van der Waals surface area contributed by atoms with Crippen LogP contribution >= 0.6 is 11.3 Å². The van der Waals surface area contributed by atoms with Crippen LogP contribution in [0.25, 0.3) is 0 Å². The highest BCUT2D eigenvalue weighted by molar-refractivity contribution is 7.15. The molecule has 3 rings (SSSR count). The van der Waals surface area contributed by atoms with Gasteiger partial charge in [0.15, 0.2) is 5.13 Å². The predicted octanol–water partition coefficient (Wildman–Crippen LogP) is 1.15. The number of aromatic nitrogens is 1. The molecule has 1 unspecified atom stereocenters. The molecule has 2 aliphatic rings. The van der Waals surface area contributed by atoms with E-state index in [2.05, 4.69) is 15.6 Å². The molecule has 5 nitrogen and oxygen atoms in total. The molecule has 1 atom stereocenters.